The van der Waals surface area contributed by atoms with E-state index in [4.69, 9.17) is 9.47 Å². The highest BCUT2D eigenvalue weighted by molar-refractivity contribution is 5.72. The number of hydrogen-bond donors (Lipinski definition) is 0. The maximum Gasteiger partial charge on any atom is 0.308 e. The predicted octanol–water partition coefficient (Wildman–Crippen LogP) is 12.0. The van der Waals surface area contributed by atoms with Crippen LogP contribution in [0.1, 0.15) is 196 Å². The Morgan fingerprint density at radius 1 is 0.429 bits per heavy atom. The first kappa shape index (κ1) is 40.9. The van der Waals surface area contributed by atoms with Crippen molar-refractivity contribution >= 4 is 11.9 Å². The van der Waals surface area contributed by atoms with Gasteiger partial charge in [-0.25, -0.2) is 0 Å². The van der Waals surface area contributed by atoms with E-state index >= 15 is 0 Å². The van der Waals surface area contributed by atoms with Gasteiger partial charge >= 0.3 is 11.9 Å². The van der Waals surface area contributed by atoms with Crippen molar-refractivity contribution in [1.82, 2.24) is 0 Å². The molecular formula is C38H74O4. The van der Waals surface area contributed by atoms with Crippen molar-refractivity contribution in [1.29, 1.82) is 0 Å². The van der Waals surface area contributed by atoms with Gasteiger partial charge in [-0.15, -0.1) is 0 Å². The molecular weight excluding hydrogens is 520 g/mol. The molecule has 0 rings (SSSR count). The quantitative estimate of drug-likeness (QED) is 0.0591. The molecule has 0 radical (unpaired) electrons. The highest BCUT2D eigenvalue weighted by Crippen LogP contribution is 2.21. The van der Waals surface area contributed by atoms with Crippen LogP contribution in [0.4, 0.5) is 0 Å². The SMILES string of the molecule is CC(C)CCCCCOC(=O)CCCCCCCCCCCCCCCCC(C)C(C)C(=O)OCCCCCC(C)C. The zero-order valence-electron chi connectivity index (χ0n) is 29.3. The Hall–Kier alpha value is -1.06. The fourth-order valence-electron chi connectivity index (χ4n) is 5.56. The summed E-state index contributed by atoms with van der Waals surface area (Å²) < 4.78 is 10.9. The van der Waals surface area contributed by atoms with Gasteiger partial charge in [0.05, 0.1) is 19.1 Å². The van der Waals surface area contributed by atoms with Crippen LogP contribution in [0.15, 0.2) is 0 Å². The summed E-state index contributed by atoms with van der Waals surface area (Å²) >= 11 is 0. The molecule has 42 heavy (non-hydrogen) atoms. The molecule has 0 aliphatic rings. The Morgan fingerprint density at radius 3 is 1.24 bits per heavy atom. The van der Waals surface area contributed by atoms with Crippen molar-refractivity contribution in [2.75, 3.05) is 13.2 Å². The lowest BCUT2D eigenvalue weighted by Gasteiger charge is -2.18. The lowest BCUT2D eigenvalue weighted by atomic mass is 9.90. The Kier molecular flexibility index (Phi) is 29.2. The molecule has 0 heterocycles. The maximum atomic E-state index is 12.3. The third-order valence-electron chi connectivity index (χ3n) is 8.87. The van der Waals surface area contributed by atoms with E-state index in [1.807, 2.05) is 6.92 Å². The van der Waals surface area contributed by atoms with Crippen molar-refractivity contribution in [2.24, 2.45) is 23.7 Å². The molecule has 0 fully saturated rings. The molecule has 0 aromatic heterocycles. The van der Waals surface area contributed by atoms with Gasteiger partial charge < -0.3 is 9.47 Å². The van der Waals surface area contributed by atoms with Crippen LogP contribution in [0.5, 0.6) is 0 Å². The van der Waals surface area contributed by atoms with Gasteiger partial charge in [0.15, 0.2) is 0 Å². The molecule has 0 saturated carbocycles. The van der Waals surface area contributed by atoms with Crippen LogP contribution in [-0.2, 0) is 19.1 Å². The molecule has 4 heteroatoms. The number of unbranched alkanes of at least 4 members (excludes halogenated alkanes) is 17. The van der Waals surface area contributed by atoms with Crippen LogP contribution in [0, 0.1) is 23.7 Å². The predicted molar refractivity (Wildman–Crippen MR) is 181 cm³/mol. The number of carbonyl (C=O) groups excluding carboxylic acids is 2. The normalized spacial score (nSPS) is 13.0. The van der Waals surface area contributed by atoms with Crippen molar-refractivity contribution in [3.8, 4) is 0 Å². The van der Waals surface area contributed by atoms with Crippen molar-refractivity contribution in [2.45, 2.75) is 196 Å². The molecule has 0 spiro atoms. The zero-order valence-corrected chi connectivity index (χ0v) is 29.3. The lowest BCUT2D eigenvalue weighted by Crippen LogP contribution is -2.22. The first-order chi connectivity index (χ1) is 20.2. The summed E-state index contributed by atoms with van der Waals surface area (Å²) in [5.41, 5.74) is 0. The second-order valence-corrected chi connectivity index (χ2v) is 14.1. The second-order valence-electron chi connectivity index (χ2n) is 14.1. The number of esters is 2. The molecule has 250 valence electrons. The summed E-state index contributed by atoms with van der Waals surface area (Å²) in [6.07, 6.45) is 29.2. The number of hydrogen-bond acceptors (Lipinski definition) is 4. The summed E-state index contributed by atoms with van der Waals surface area (Å²) in [6, 6.07) is 0. The van der Waals surface area contributed by atoms with Gasteiger partial charge in [-0.2, -0.15) is 0 Å². The third kappa shape index (κ3) is 29.0. The van der Waals surface area contributed by atoms with Crippen LogP contribution >= 0.6 is 0 Å². The van der Waals surface area contributed by atoms with Gasteiger partial charge in [-0.1, -0.05) is 164 Å². The van der Waals surface area contributed by atoms with Crippen LogP contribution in [0.2, 0.25) is 0 Å². The van der Waals surface area contributed by atoms with Crippen LogP contribution in [0.25, 0.3) is 0 Å². The van der Waals surface area contributed by atoms with E-state index in [2.05, 4.69) is 34.6 Å². The van der Waals surface area contributed by atoms with Crippen LogP contribution < -0.4 is 0 Å². The fourth-order valence-corrected chi connectivity index (χ4v) is 5.56. The van der Waals surface area contributed by atoms with Gasteiger partial charge in [-0.05, 0) is 43.4 Å². The fraction of sp³-hybridized carbons (Fsp3) is 0.947. The molecule has 0 N–H and O–H groups in total. The standard InChI is InChI=1S/C38H74O4/c1-33(2)27-21-19-25-31-41-37(39)30-24-18-16-14-12-10-8-7-9-11-13-15-17-23-29-35(5)36(6)38(40)42-32-26-20-22-28-34(3)4/h33-36H,7-32H2,1-6H3. The van der Waals surface area contributed by atoms with Crippen molar-refractivity contribution in [3.63, 3.8) is 0 Å². The summed E-state index contributed by atoms with van der Waals surface area (Å²) in [5.74, 6) is 1.96. The minimum Gasteiger partial charge on any atom is -0.466 e. The molecule has 4 nitrogen and oxygen atoms in total. The lowest BCUT2D eigenvalue weighted by molar-refractivity contribution is -0.150. The van der Waals surface area contributed by atoms with E-state index in [9.17, 15) is 9.59 Å². The molecule has 0 saturated heterocycles. The minimum absolute atomic E-state index is 0.00141. The minimum atomic E-state index is -0.00141. The smallest absolute Gasteiger partial charge is 0.308 e. The Balaban J connectivity index is 3.39. The van der Waals surface area contributed by atoms with Gasteiger partial charge in [0.25, 0.3) is 0 Å². The molecule has 0 aromatic carbocycles. The summed E-state index contributed by atoms with van der Waals surface area (Å²) in [6.45, 7) is 14.5. The van der Waals surface area contributed by atoms with Crippen molar-refractivity contribution < 1.29 is 19.1 Å². The topological polar surface area (TPSA) is 52.6 Å². The van der Waals surface area contributed by atoms with Gasteiger partial charge in [0.2, 0.25) is 0 Å². The summed E-state index contributed by atoms with van der Waals surface area (Å²) in [5, 5.41) is 0. The third-order valence-corrected chi connectivity index (χ3v) is 8.87. The molecule has 0 aliphatic heterocycles. The second kappa shape index (κ2) is 30.0. The molecule has 0 amide bonds. The number of carbonyl (C=O) groups is 2. The highest BCUT2D eigenvalue weighted by atomic mass is 16.5. The van der Waals surface area contributed by atoms with Crippen LogP contribution in [-0.4, -0.2) is 25.2 Å². The summed E-state index contributed by atoms with van der Waals surface area (Å²) in [7, 11) is 0. The average molecular weight is 595 g/mol. The average Bonchev–Trinajstić information content (AvgIpc) is 2.95. The Labute approximate surface area is 263 Å². The van der Waals surface area contributed by atoms with E-state index in [0.29, 0.717) is 25.6 Å². The first-order valence-corrected chi connectivity index (χ1v) is 18.6. The van der Waals surface area contributed by atoms with Gasteiger partial charge in [-0.3, -0.25) is 9.59 Å². The van der Waals surface area contributed by atoms with E-state index in [-0.39, 0.29) is 17.9 Å². The van der Waals surface area contributed by atoms with E-state index in [1.165, 1.54) is 109 Å². The zero-order chi connectivity index (χ0) is 31.3. The monoisotopic (exact) mass is 595 g/mol. The maximum absolute atomic E-state index is 12.3. The summed E-state index contributed by atoms with van der Waals surface area (Å²) in [4.78, 5) is 24.2. The largest absolute Gasteiger partial charge is 0.466 e. The van der Waals surface area contributed by atoms with E-state index in [0.717, 1.165) is 50.4 Å². The molecule has 0 bridgehead atoms. The first-order valence-electron chi connectivity index (χ1n) is 18.6. The molecule has 0 aliphatic carbocycles. The molecule has 2 atom stereocenters. The molecule has 2 unspecified atom stereocenters. The Morgan fingerprint density at radius 2 is 0.786 bits per heavy atom. The number of rotatable bonds is 31. The molecule has 0 aromatic rings. The number of ether oxygens (including phenoxy) is 2. The Bertz CT molecular complexity index is 600. The van der Waals surface area contributed by atoms with Gasteiger partial charge in [0.1, 0.15) is 0 Å². The van der Waals surface area contributed by atoms with Crippen molar-refractivity contribution in [3.05, 3.63) is 0 Å². The van der Waals surface area contributed by atoms with E-state index in [1.54, 1.807) is 0 Å². The van der Waals surface area contributed by atoms with Crippen LogP contribution in [0.3, 0.4) is 0 Å². The van der Waals surface area contributed by atoms with Gasteiger partial charge in [0, 0.05) is 6.42 Å². The van der Waals surface area contributed by atoms with E-state index < -0.39 is 0 Å². The highest BCUT2D eigenvalue weighted by Gasteiger charge is 2.21.